The van der Waals surface area contributed by atoms with Crippen molar-refractivity contribution < 1.29 is 22.3 Å². The van der Waals surface area contributed by atoms with Crippen molar-refractivity contribution in [3.8, 4) is 0 Å². The normalized spacial score (nSPS) is 11.1. The zero-order valence-electron chi connectivity index (χ0n) is 12.3. The number of carbonyl (C=O) groups excluding carboxylic acids is 1. The van der Waals surface area contributed by atoms with Gasteiger partial charge in [-0.1, -0.05) is 15.9 Å². The van der Waals surface area contributed by atoms with Gasteiger partial charge in [0.15, 0.2) is 0 Å². The van der Waals surface area contributed by atoms with Crippen molar-refractivity contribution in [3.05, 3.63) is 57.8 Å². The number of halogens is 2. The summed E-state index contributed by atoms with van der Waals surface area (Å²) in [6, 6.07) is 7.82. The van der Waals surface area contributed by atoms with Crippen molar-refractivity contribution >= 4 is 37.6 Å². The molecule has 0 aliphatic heterocycles. The molecule has 0 saturated carbocycles. The summed E-state index contributed by atoms with van der Waals surface area (Å²) in [4.78, 5) is 11.6. The number of hydrogen-bond acceptors (Lipinski definition) is 4. The van der Waals surface area contributed by atoms with E-state index in [2.05, 4.69) is 25.4 Å². The third-order valence-corrected chi connectivity index (χ3v) is 4.99. The van der Waals surface area contributed by atoms with Crippen LogP contribution in [-0.4, -0.2) is 21.5 Å². The second kappa shape index (κ2) is 6.67. The van der Waals surface area contributed by atoms with Crippen molar-refractivity contribution in [2.75, 3.05) is 11.8 Å². The van der Waals surface area contributed by atoms with Crippen LogP contribution < -0.4 is 4.72 Å². The van der Waals surface area contributed by atoms with Crippen LogP contribution in [0.1, 0.15) is 15.9 Å². The molecule has 1 N–H and O–H groups in total. The van der Waals surface area contributed by atoms with Crippen LogP contribution in [-0.2, 0) is 14.8 Å². The SMILES string of the molecule is COC(=O)c1cc(Br)ccc1S(=O)(=O)Nc1ccc(F)cc1C. The number of aryl methyl sites for hydroxylation is 1. The van der Waals surface area contributed by atoms with Crippen molar-refractivity contribution in [2.45, 2.75) is 11.8 Å². The average Bonchev–Trinajstić information content (AvgIpc) is 2.49. The van der Waals surface area contributed by atoms with E-state index in [9.17, 15) is 17.6 Å². The molecule has 5 nitrogen and oxygen atoms in total. The topological polar surface area (TPSA) is 72.5 Å². The lowest BCUT2D eigenvalue weighted by Gasteiger charge is -2.13. The van der Waals surface area contributed by atoms with Gasteiger partial charge >= 0.3 is 5.97 Å². The molecule has 0 spiro atoms. The molecule has 2 rings (SSSR count). The van der Waals surface area contributed by atoms with E-state index in [1.54, 1.807) is 6.92 Å². The highest BCUT2D eigenvalue weighted by atomic mass is 79.9. The molecule has 0 atom stereocenters. The molecule has 0 unspecified atom stereocenters. The first kappa shape index (κ1) is 17.4. The number of methoxy groups -OCH3 is 1. The number of benzene rings is 2. The number of rotatable bonds is 4. The molecule has 2 aromatic rings. The van der Waals surface area contributed by atoms with Crippen molar-refractivity contribution in [1.29, 1.82) is 0 Å². The molecule has 0 radical (unpaired) electrons. The summed E-state index contributed by atoms with van der Waals surface area (Å²) in [5, 5.41) is 0. The summed E-state index contributed by atoms with van der Waals surface area (Å²) in [6.45, 7) is 1.57. The Morgan fingerprint density at radius 1 is 1.22 bits per heavy atom. The lowest BCUT2D eigenvalue weighted by molar-refractivity contribution is 0.0596. The van der Waals surface area contributed by atoms with Gasteiger partial charge in [-0.25, -0.2) is 17.6 Å². The zero-order chi connectivity index (χ0) is 17.2. The Morgan fingerprint density at radius 2 is 1.91 bits per heavy atom. The first-order valence-corrected chi connectivity index (χ1v) is 8.69. The number of carbonyl (C=O) groups is 1. The minimum absolute atomic E-state index is 0.103. The smallest absolute Gasteiger partial charge is 0.339 e. The second-order valence-electron chi connectivity index (χ2n) is 4.70. The first-order chi connectivity index (χ1) is 10.7. The number of ether oxygens (including phenoxy) is 1. The molecule has 23 heavy (non-hydrogen) atoms. The quantitative estimate of drug-likeness (QED) is 0.795. The lowest BCUT2D eigenvalue weighted by Crippen LogP contribution is -2.18. The molecule has 0 aliphatic rings. The van der Waals surface area contributed by atoms with E-state index in [1.165, 1.54) is 30.3 Å². The fourth-order valence-corrected chi connectivity index (χ4v) is 3.62. The highest BCUT2D eigenvalue weighted by Crippen LogP contribution is 2.25. The summed E-state index contributed by atoms with van der Waals surface area (Å²) in [6.07, 6.45) is 0. The van der Waals surface area contributed by atoms with Gasteiger partial charge < -0.3 is 4.74 Å². The highest BCUT2D eigenvalue weighted by molar-refractivity contribution is 9.10. The monoisotopic (exact) mass is 401 g/mol. The standard InChI is InChI=1S/C15H13BrFNO4S/c1-9-7-11(17)4-5-13(9)18-23(20,21)14-6-3-10(16)8-12(14)15(19)22-2/h3-8,18H,1-2H3. The van der Waals surface area contributed by atoms with E-state index in [4.69, 9.17) is 0 Å². The van der Waals surface area contributed by atoms with Gasteiger partial charge in [0.1, 0.15) is 10.7 Å². The summed E-state index contributed by atoms with van der Waals surface area (Å²) >= 11 is 3.18. The van der Waals surface area contributed by atoms with Crippen LogP contribution >= 0.6 is 15.9 Å². The van der Waals surface area contributed by atoms with Crippen molar-refractivity contribution in [1.82, 2.24) is 0 Å². The summed E-state index contributed by atoms with van der Waals surface area (Å²) in [5.74, 6) is -1.24. The molecule has 0 amide bonds. The van der Waals surface area contributed by atoms with Gasteiger partial charge in [-0.05, 0) is 48.9 Å². The molecule has 0 heterocycles. The van der Waals surface area contributed by atoms with Crippen molar-refractivity contribution in [2.24, 2.45) is 0 Å². The van der Waals surface area contributed by atoms with Crippen LogP contribution in [0.2, 0.25) is 0 Å². The van der Waals surface area contributed by atoms with Crippen LogP contribution in [0, 0.1) is 12.7 Å². The maximum Gasteiger partial charge on any atom is 0.339 e. The van der Waals surface area contributed by atoms with E-state index in [1.807, 2.05) is 0 Å². The fourth-order valence-electron chi connectivity index (χ4n) is 1.95. The van der Waals surface area contributed by atoms with Gasteiger partial charge in [0, 0.05) is 4.47 Å². The maximum atomic E-state index is 13.1. The molecule has 0 aromatic heterocycles. The van der Waals surface area contributed by atoms with Gasteiger partial charge in [0.05, 0.1) is 18.4 Å². The summed E-state index contributed by atoms with van der Waals surface area (Å²) in [7, 11) is -2.88. The van der Waals surface area contributed by atoms with Gasteiger partial charge in [0.2, 0.25) is 0 Å². The molecule has 8 heteroatoms. The van der Waals surface area contributed by atoms with E-state index < -0.39 is 21.8 Å². The Balaban J connectivity index is 2.50. The van der Waals surface area contributed by atoms with Crippen LogP contribution in [0.4, 0.5) is 10.1 Å². The average molecular weight is 402 g/mol. The summed E-state index contributed by atoms with van der Waals surface area (Å²) in [5.41, 5.74) is 0.546. The predicted octanol–water partition coefficient (Wildman–Crippen LogP) is 3.48. The van der Waals surface area contributed by atoms with Gasteiger partial charge in [0.25, 0.3) is 10.0 Å². The molecule has 2 aromatic carbocycles. The Bertz CT molecular complexity index is 868. The van der Waals surface area contributed by atoms with Crippen molar-refractivity contribution in [3.63, 3.8) is 0 Å². The summed E-state index contributed by atoms with van der Waals surface area (Å²) < 4.78 is 45.7. The molecule has 0 bridgehead atoms. The molecular weight excluding hydrogens is 389 g/mol. The molecule has 0 aliphatic carbocycles. The van der Waals surface area contributed by atoms with Crippen LogP contribution in [0.3, 0.4) is 0 Å². The number of nitrogens with one attached hydrogen (secondary N) is 1. The Morgan fingerprint density at radius 3 is 2.52 bits per heavy atom. The van der Waals surface area contributed by atoms with Gasteiger partial charge in [-0.2, -0.15) is 0 Å². The number of esters is 1. The van der Waals surface area contributed by atoms with Crippen LogP contribution in [0.15, 0.2) is 45.8 Å². The third kappa shape index (κ3) is 3.89. The first-order valence-electron chi connectivity index (χ1n) is 6.41. The Labute approximate surface area is 141 Å². The van der Waals surface area contributed by atoms with E-state index >= 15 is 0 Å². The van der Waals surface area contributed by atoms with Gasteiger partial charge in [-0.15, -0.1) is 0 Å². The largest absolute Gasteiger partial charge is 0.465 e. The molecule has 122 valence electrons. The fraction of sp³-hybridized carbons (Fsp3) is 0.133. The van der Waals surface area contributed by atoms with Crippen LogP contribution in [0.25, 0.3) is 0 Å². The maximum absolute atomic E-state index is 13.1. The molecular formula is C15H13BrFNO4S. The number of hydrogen-bond donors (Lipinski definition) is 1. The molecule has 0 saturated heterocycles. The minimum atomic E-state index is -4.05. The number of anilines is 1. The predicted molar refractivity (Wildman–Crippen MR) is 87.4 cm³/mol. The Hall–Kier alpha value is -1.93. The van der Waals surface area contributed by atoms with E-state index in [0.717, 1.165) is 13.2 Å². The highest BCUT2D eigenvalue weighted by Gasteiger charge is 2.24. The van der Waals surface area contributed by atoms with E-state index in [-0.39, 0.29) is 16.1 Å². The van der Waals surface area contributed by atoms with Gasteiger partial charge in [-0.3, -0.25) is 4.72 Å². The van der Waals surface area contributed by atoms with E-state index in [0.29, 0.717) is 10.0 Å². The van der Waals surface area contributed by atoms with Crippen LogP contribution in [0.5, 0.6) is 0 Å². The lowest BCUT2D eigenvalue weighted by atomic mass is 10.2. The minimum Gasteiger partial charge on any atom is -0.465 e. The Kier molecular flexibility index (Phi) is 5.06. The molecule has 0 fully saturated rings. The number of sulfonamides is 1. The zero-order valence-corrected chi connectivity index (χ0v) is 14.7. The second-order valence-corrected chi connectivity index (χ2v) is 7.26. The third-order valence-electron chi connectivity index (χ3n) is 3.07.